The van der Waals surface area contributed by atoms with Gasteiger partial charge in [0.25, 0.3) is 0 Å². The molecule has 1 fully saturated rings. The highest BCUT2D eigenvalue weighted by Gasteiger charge is 2.28. The molecule has 0 bridgehead atoms. The molecule has 2 heterocycles. The zero-order valence-corrected chi connectivity index (χ0v) is 14.2. The van der Waals surface area contributed by atoms with E-state index in [0.717, 1.165) is 11.3 Å². The van der Waals surface area contributed by atoms with Gasteiger partial charge in [0.05, 0.1) is 23.7 Å². The molecule has 2 N–H and O–H groups in total. The lowest BCUT2D eigenvalue weighted by atomic mass is 10.2. The van der Waals surface area contributed by atoms with Crippen LogP contribution in [0.25, 0.3) is 11.5 Å². The van der Waals surface area contributed by atoms with Crippen LogP contribution in [0.15, 0.2) is 46.0 Å². The average Bonchev–Trinajstić information content (AvgIpc) is 3.18. The zero-order chi connectivity index (χ0) is 17.0. The maximum Gasteiger partial charge on any atom is 0.226 e. The summed E-state index contributed by atoms with van der Waals surface area (Å²) in [4.78, 5) is 8.55. The summed E-state index contributed by atoms with van der Waals surface area (Å²) in [5.41, 5.74) is 1.67. The summed E-state index contributed by atoms with van der Waals surface area (Å²) in [7, 11) is -1.27. The average molecular weight is 348 g/mol. The van der Waals surface area contributed by atoms with Crippen LogP contribution in [-0.2, 0) is 16.4 Å². The van der Waals surface area contributed by atoms with E-state index >= 15 is 0 Å². The normalized spacial score (nSPS) is 20.0. The lowest BCUT2D eigenvalue weighted by Crippen LogP contribution is -2.43. The number of oxazole rings is 1. The van der Waals surface area contributed by atoms with Gasteiger partial charge in [-0.3, -0.25) is 4.99 Å². The molecule has 7 nitrogen and oxygen atoms in total. The minimum Gasteiger partial charge on any atom is -0.444 e. The van der Waals surface area contributed by atoms with Crippen LogP contribution >= 0.6 is 0 Å². The van der Waals surface area contributed by atoms with Crippen LogP contribution in [0.2, 0.25) is 0 Å². The second-order valence-electron chi connectivity index (χ2n) is 5.68. The summed E-state index contributed by atoms with van der Waals surface area (Å²) in [6, 6.07) is 9.57. The van der Waals surface area contributed by atoms with Gasteiger partial charge >= 0.3 is 0 Å². The van der Waals surface area contributed by atoms with Crippen molar-refractivity contribution in [3.05, 3.63) is 42.3 Å². The molecule has 1 unspecified atom stereocenters. The number of aromatic nitrogens is 1. The zero-order valence-electron chi connectivity index (χ0n) is 13.4. The van der Waals surface area contributed by atoms with Gasteiger partial charge in [-0.05, 0) is 18.6 Å². The monoisotopic (exact) mass is 348 g/mol. The Kier molecular flexibility index (Phi) is 4.84. The van der Waals surface area contributed by atoms with Gasteiger partial charge in [-0.15, -0.1) is 0 Å². The summed E-state index contributed by atoms with van der Waals surface area (Å²) >= 11 is 0. The van der Waals surface area contributed by atoms with Crippen molar-refractivity contribution in [3.8, 4) is 11.5 Å². The van der Waals surface area contributed by atoms with Crippen LogP contribution in [0, 0.1) is 0 Å². The van der Waals surface area contributed by atoms with Crippen molar-refractivity contribution in [1.29, 1.82) is 0 Å². The molecule has 24 heavy (non-hydrogen) atoms. The van der Waals surface area contributed by atoms with Crippen molar-refractivity contribution in [2.75, 3.05) is 18.6 Å². The summed E-state index contributed by atoms with van der Waals surface area (Å²) in [5.74, 6) is 1.50. The van der Waals surface area contributed by atoms with Gasteiger partial charge in [0.1, 0.15) is 6.26 Å². The van der Waals surface area contributed by atoms with Gasteiger partial charge in [0.2, 0.25) is 5.89 Å². The molecule has 0 aliphatic carbocycles. The minimum atomic E-state index is -2.92. The first kappa shape index (κ1) is 16.5. The predicted octanol–water partition coefficient (Wildman–Crippen LogP) is 1.19. The fourth-order valence-electron chi connectivity index (χ4n) is 2.57. The third-order valence-electron chi connectivity index (χ3n) is 3.81. The third-order valence-corrected chi connectivity index (χ3v) is 5.57. The van der Waals surface area contributed by atoms with Crippen LogP contribution in [0.3, 0.4) is 0 Å². The molecular weight excluding hydrogens is 328 g/mol. The molecule has 1 aromatic heterocycles. The van der Waals surface area contributed by atoms with Gasteiger partial charge in [-0.1, -0.05) is 18.2 Å². The van der Waals surface area contributed by atoms with Crippen LogP contribution in [0.1, 0.15) is 12.1 Å². The van der Waals surface area contributed by atoms with E-state index in [2.05, 4.69) is 20.6 Å². The minimum absolute atomic E-state index is 0.0987. The van der Waals surface area contributed by atoms with Gasteiger partial charge in [0.15, 0.2) is 15.8 Å². The first-order valence-electron chi connectivity index (χ1n) is 7.73. The Balaban J connectivity index is 1.56. The van der Waals surface area contributed by atoms with Gasteiger partial charge in [-0.2, -0.15) is 0 Å². The van der Waals surface area contributed by atoms with E-state index in [1.807, 2.05) is 30.3 Å². The highest BCUT2D eigenvalue weighted by molar-refractivity contribution is 7.91. The number of guanidine groups is 1. The number of hydrogen-bond acceptors (Lipinski definition) is 5. The Morgan fingerprint density at radius 3 is 2.83 bits per heavy atom. The third kappa shape index (κ3) is 4.14. The smallest absolute Gasteiger partial charge is 0.226 e. The summed E-state index contributed by atoms with van der Waals surface area (Å²) in [6.07, 6.45) is 2.20. The number of benzene rings is 1. The van der Waals surface area contributed by atoms with Gasteiger partial charge in [-0.25, -0.2) is 13.4 Å². The standard InChI is InChI=1S/C16H20N4O3S/c1-17-16(20-13-7-8-24(21,22)11-13)18-9-14-10-23-15(19-14)12-5-3-2-4-6-12/h2-6,10,13H,7-9,11H2,1H3,(H2,17,18,20). The second kappa shape index (κ2) is 7.04. The van der Waals surface area contributed by atoms with E-state index in [-0.39, 0.29) is 17.5 Å². The van der Waals surface area contributed by atoms with Crippen molar-refractivity contribution in [1.82, 2.24) is 15.6 Å². The largest absolute Gasteiger partial charge is 0.444 e. The van der Waals surface area contributed by atoms with E-state index in [1.165, 1.54) is 0 Å². The highest BCUT2D eigenvalue weighted by atomic mass is 32.2. The molecule has 0 amide bonds. The van der Waals surface area contributed by atoms with E-state index in [1.54, 1.807) is 13.3 Å². The van der Waals surface area contributed by atoms with Crippen molar-refractivity contribution in [2.24, 2.45) is 4.99 Å². The lowest BCUT2D eigenvalue weighted by Gasteiger charge is -2.15. The van der Waals surface area contributed by atoms with Crippen LogP contribution in [-0.4, -0.2) is 44.0 Å². The molecule has 3 rings (SSSR count). The van der Waals surface area contributed by atoms with Gasteiger partial charge < -0.3 is 15.1 Å². The quantitative estimate of drug-likeness (QED) is 0.636. The van der Waals surface area contributed by atoms with E-state index in [4.69, 9.17) is 4.42 Å². The van der Waals surface area contributed by atoms with Crippen LogP contribution < -0.4 is 10.6 Å². The Hall–Kier alpha value is -2.35. The molecule has 0 radical (unpaired) electrons. The fourth-order valence-corrected chi connectivity index (χ4v) is 4.25. The lowest BCUT2D eigenvalue weighted by molar-refractivity contribution is 0.572. The van der Waals surface area contributed by atoms with E-state index in [0.29, 0.717) is 24.8 Å². The first-order chi connectivity index (χ1) is 11.6. The first-order valence-corrected chi connectivity index (χ1v) is 9.55. The Morgan fingerprint density at radius 1 is 1.38 bits per heavy atom. The molecule has 1 aliphatic rings. The van der Waals surface area contributed by atoms with Crippen molar-refractivity contribution < 1.29 is 12.8 Å². The number of aliphatic imine (C=N–C) groups is 1. The highest BCUT2D eigenvalue weighted by Crippen LogP contribution is 2.17. The van der Waals surface area contributed by atoms with Crippen molar-refractivity contribution in [2.45, 2.75) is 19.0 Å². The van der Waals surface area contributed by atoms with E-state index in [9.17, 15) is 8.42 Å². The Labute approximate surface area is 141 Å². The molecule has 1 saturated heterocycles. The Bertz CT molecular complexity index is 815. The number of nitrogens with zero attached hydrogens (tertiary/aromatic N) is 2. The number of rotatable bonds is 4. The summed E-state index contributed by atoms with van der Waals surface area (Å²) < 4.78 is 28.5. The second-order valence-corrected chi connectivity index (χ2v) is 7.91. The number of nitrogens with one attached hydrogen (secondary N) is 2. The molecule has 2 aromatic rings. The molecule has 0 spiro atoms. The molecular formula is C16H20N4O3S. The maximum atomic E-state index is 11.5. The van der Waals surface area contributed by atoms with Gasteiger partial charge in [0, 0.05) is 18.7 Å². The topological polar surface area (TPSA) is 96.6 Å². The predicted molar refractivity (Wildman–Crippen MR) is 92.3 cm³/mol. The number of hydrogen-bond donors (Lipinski definition) is 2. The van der Waals surface area contributed by atoms with Crippen molar-refractivity contribution >= 4 is 15.8 Å². The fraction of sp³-hybridized carbons (Fsp3) is 0.375. The summed E-state index contributed by atoms with van der Waals surface area (Å²) in [6.45, 7) is 0.440. The molecule has 1 atom stereocenters. The molecule has 1 aromatic carbocycles. The number of sulfone groups is 1. The van der Waals surface area contributed by atoms with Crippen LogP contribution in [0.4, 0.5) is 0 Å². The van der Waals surface area contributed by atoms with E-state index < -0.39 is 9.84 Å². The Morgan fingerprint density at radius 2 is 2.17 bits per heavy atom. The SMILES string of the molecule is CN=C(NCc1coc(-c2ccccc2)n1)NC1CCS(=O)(=O)C1. The van der Waals surface area contributed by atoms with Crippen molar-refractivity contribution in [3.63, 3.8) is 0 Å². The molecule has 0 saturated carbocycles. The summed E-state index contributed by atoms with van der Waals surface area (Å²) in [5, 5.41) is 6.26. The molecule has 8 heteroatoms. The molecule has 128 valence electrons. The van der Waals surface area contributed by atoms with Crippen LogP contribution in [0.5, 0.6) is 0 Å². The maximum absolute atomic E-state index is 11.5. The molecule has 1 aliphatic heterocycles.